The number of benzene rings is 1. The highest BCUT2D eigenvalue weighted by atomic mass is 32.2. The predicted octanol–water partition coefficient (Wildman–Crippen LogP) is 3.39. The monoisotopic (exact) mass is 402 g/mol. The summed E-state index contributed by atoms with van der Waals surface area (Å²) in [6, 6.07) is 7.72. The van der Waals surface area contributed by atoms with Crippen LogP contribution in [0.1, 0.15) is 35.9 Å². The summed E-state index contributed by atoms with van der Waals surface area (Å²) in [5.74, 6) is 0.261. The van der Waals surface area contributed by atoms with E-state index in [0.717, 1.165) is 5.69 Å². The Bertz CT molecular complexity index is 950. The number of hydrogen-bond acceptors (Lipinski definition) is 4. The lowest BCUT2D eigenvalue weighted by atomic mass is 10.2. The van der Waals surface area contributed by atoms with Gasteiger partial charge in [0.2, 0.25) is 10.0 Å². The van der Waals surface area contributed by atoms with E-state index in [0.29, 0.717) is 11.4 Å². The first kappa shape index (κ1) is 21.6. The van der Waals surface area contributed by atoms with Crippen LogP contribution in [0, 0.1) is 6.92 Å². The van der Waals surface area contributed by atoms with Gasteiger partial charge >= 0.3 is 0 Å². The van der Waals surface area contributed by atoms with E-state index >= 15 is 0 Å². The van der Waals surface area contributed by atoms with Crippen LogP contribution < -0.4 is 5.32 Å². The van der Waals surface area contributed by atoms with Gasteiger partial charge < -0.3 is 5.32 Å². The van der Waals surface area contributed by atoms with E-state index in [1.807, 2.05) is 20.8 Å². The number of nitrogens with one attached hydrogen (secondary N) is 1. The molecule has 0 bridgehead atoms. The number of nitrogens with zero attached hydrogens (tertiary/aromatic N) is 3. The van der Waals surface area contributed by atoms with Crippen molar-refractivity contribution in [1.82, 2.24) is 14.1 Å². The van der Waals surface area contributed by atoms with Crippen molar-refractivity contribution in [2.45, 2.75) is 31.7 Å². The predicted molar refractivity (Wildman–Crippen MR) is 111 cm³/mol. The van der Waals surface area contributed by atoms with Crippen molar-refractivity contribution in [3.05, 3.63) is 66.9 Å². The molecule has 28 heavy (non-hydrogen) atoms. The molecule has 2 aromatic rings. The molecular weight excluding hydrogens is 376 g/mol. The molecule has 0 atom stereocenters. The van der Waals surface area contributed by atoms with Crippen molar-refractivity contribution in [3.63, 3.8) is 0 Å². The molecule has 0 spiro atoms. The van der Waals surface area contributed by atoms with Gasteiger partial charge in [-0.15, -0.1) is 13.2 Å². The van der Waals surface area contributed by atoms with Gasteiger partial charge in [0.05, 0.1) is 10.6 Å². The Labute approximate surface area is 166 Å². The number of sulfonamides is 1. The average molecular weight is 403 g/mol. The molecular formula is C20H26N4O3S. The Morgan fingerprint density at radius 1 is 1.21 bits per heavy atom. The quantitative estimate of drug-likeness (QED) is 0.652. The molecule has 1 N–H and O–H groups in total. The van der Waals surface area contributed by atoms with Gasteiger partial charge in [-0.25, -0.2) is 13.1 Å². The number of hydrogen-bond donors (Lipinski definition) is 1. The molecule has 7 nitrogen and oxygen atoms in total. The first-order valence-corrected chi connectivity index (χ1v) is 10.3. The normalized spacial score (nSPS) is 11.6. The summed E-state index contributed by atoms with van der Waals surface area (Å²) in [7, 11) is -3.70. The molecule has 2 rings (SSSR count). The summed E-state index contributed by atoms with van der Waals surface area (Å²) in [5, 5.41) is 7.18. The van der Waals surface area contributed by atoms with Crippen LogP contribution in [0.4, 0.5) is 5.82 Å². The molecule has 0 aliphatic carbocycles. The fraction of sp³-hybridized carbons (Fsp3) is 0.300. The highest BCUT2D eigenvalue weighted by Crippen LogP contribution is 2.19. The van der Waals surface area contributed by atoms with Crippen LogP contribution in [-0.2, 0) is 10.0 Å². The lowest BCUT2D eigenvalue weighted by Gasteiger charge is -2.19. The maximum atomic E-state index is 12.7. The second-order valence-corrected chi connectivity index (χ2v) is 8.53. The number of anilines is 1. The molecule has 1 heterocycles. The minimum absolute atomic E-state index is 0.0947. The molecule has 1 aromatic heterocycles. The fourth-order valence-electron chi connectivity index (χ4n) is 2.68. The van der Waals surface area contributed by atoms with E-state index in [2.05, 4.69) is 23.6 Å². The van der Waals surface area contributed by atoms with Gasteiger partial charge in [0.25, 0.3) is 5.91 Å². The number of amides is 1. The molecule has 0 aliphatic heterocycles. The van der Waals surface area contributed by atoms with Crippen molar-refractivity contribution >= 4 is 21.7 Å². The van der Waals surface area contributed by atoms with Gasteiger partial charge in [-0.1, -0.05) is 12.2 Å². The Kier molecular flexibility index (Phi) is 6.93. The summed E-state index contributed by atoms with van der Waals surface area (Å²) >= 11 is 0. The zero-order valence-corrected chi connectivity index (χ0v) is 17.2. The van der Waals surface area contributed by atoms with Crippen LogP contribution in [0.5, 0.6) is 0 Å². The third-order valence-corrected chi connectivity index (χ3v) is 5.85. The van der Waals surface area contributed by atoms with Gasteiger partial charge in [0.1, 0.15) is 5.82 Å². The molecule has 0 saturated carbocycles. The molecule has 8 heteroatoms. The zero-order chi connectivity index (χ0) is 20.9. The number of rotatable bonds is 9. The number of aromatic nitrogens is 2. The summed E-state index contributed by atoms with van der Waals surface area (Å²) in [5.41, 5.74) is 1.15. The molecule has 1 amide bonds. The highest BCUT2D eigenvalue weighted by molar-refractivity contribution is 7.89. The Hall–Kier alpha value is -2.71. The van der Waals surface area contributed by atoms with Crippen molar-refractivity contribution < 1.29 is 13.2 Å². The Morgan fingerprint density at radius 2 is 1.79 bits per heavy atom. The zero-order valence-electron chi connectivity index (χ0n) is 16.4. The Morgan fingerprint density at radius 3 is 2.29 bits per heavy atom. The summed E-state index contributed by atoms with van der Waals surface area (Å²) in [6.07, 6.45) is 3.03. The van der Waals surface area contributed by atoms with Crippen LogP contribution in [0.15, 0.2) is 60.5 Å². The second-order valence-electron chi connectivity index (χ2n) is 6.59. The van der Waals surface area contributed by atoms with Crippen molar-refractivity contribution in [1.29, 1.82) is 0 Å². The first-order chi connectivity index (χ1) is 13.2. The average Bonchev–Trinajstić information content (AvgIpc) is 3.02. The lowest BCUT2D eigenvalue weighted by molar-refractivity contribution is 0.102. The van der Waals surface area contributed by atoms with E-state index in [1.54, 1.807) is 10.7 Å². The van der Waals surface area contributed by atoms with E-state index in [1.165, 1.54) is 40.7 Å². The minimum Gasteiger partial charge on any atom is -0.307 e. The van der Waals surface area contributed by atoms with Gasteiger partial charge in [-0.3, -0.25) is 4.79 Å². The van der Waals surface area contributed by atoms with Crippen LogP contribution in [0.2, 0.25) is 0 Å². The first-order valence-electron chi connectivity index (χ1n) is 8.90. The van der Waals surface area contributed by atoms with Crippen molar-refractivity contribution in [2.24, 2.45) is 0 Å². The number of carbonyl (C=O) groups excluding carboxylic acids is 1. The third kappa shape index (κ3) is 4.76. The van der Waals surface area contributed by atoms with E-state index in [9.17, 15) is 13.2 Å². The minimum atomic E-state index is -3.70. The van der Waals surface area contributed by atoms with Gasteiger partial charge in [-0.05, 0) is 45.0 Å². The number of aryl methyl sites for hydroxylation is 1. The summed E-state index contributed by atoms with van der Waals surface area (Å²) in [6.45, 7) is 13.3. The lowest BCUT2D eigenvalue weighted by Crippen LogP contribution is -2.31. The highest BCUT2D eigenvalue weighted by Gasteiger charge is 2.23. The SMILES string of the molecule is C=CCN(CC=C)S(=O)(=O)c1ccc(C(=O)Nc2cc(C)nn2C(C)C)cc1. The molecule has 0 saturated heterocycles. The van der Waals surface area contributed by atoms with Gasteiger partial charge in [0.15, 0.2) is 0 Å². The summed E-state index contributed by atoms with van der Waals surface area (Å²) < 4.78 is 28.4. The van der Waals surface area contributed by atoms with Crippen molar-refractivity contribution in [2.75, 3.05) is 18.4 Å². The summed E-state index contributed by atoms with van der Waals surface area (Å²) in [4.78, 5) is 12.7. The molecule has 0 aliphatic rings. The maximum absolute atomic E-state index is 12.7. The molecule has 1 aromatic carbocycles. The van der Waals surface area contributed by atoms with E-state index in [4.69, 9.17) is 0 Å². The van der Waals surface area contributed by atoms with E-state index < -0.39 is 10.0 Å². The Balaban J connectivity index is 2.23. The largest absolute Gasteiger partial charge is 0.307 e. The van der Waals surface area contributed by atoms with Crippen LogP contribution in [0.25, 0.3) is 0 Å². The van der Waals surface area contributed by atoms with Crippen LogP contribution in [-0.4, -0.2) is 41.5 Å². The van der Waals surface area contributed by atoms with Crippen LogP contribution in [0.3, 0.4) is 0 Å². The van der Waals surface area contributed by atoms with Crippen molar-refractivity contribution in [3.8, 4) is 0 Å². The topological polar surface area (TPSA) is 84.3 Å². The molecule has 0 fully saturated rings. The molecule has 0 unspecified atom stereocenters. The van der Waals surface area contributed by atoms with Crippen LogP contribution >= 0.6 is 0 Å². The maximum Gasteiger partial charge on any atom is 0.256 e. The number of carbonyl (C=O) groups is 1. The van der Waals surface area contributed by atoms with Gasteiger partial charge in [0, 0.05) is 30.8 Å². The van der Waals surface area contributed by atoms with Gasteiger partial charge in [-0.2, -0.15) is 9.40 Å². The smallest absolute Gasteiger partial charge is 0.256 e. The van der Waals surface area contributed by atoms with E-state index in [-0.39, 0.29) is 29.9 Å². The molecule has 150 valence electrons. The second kappa shape index (κ2) is 8.99. The fourth-order valence-corrected chi connectivity index (χ4v) is 4.06. The standard InChI is InChI=1S/C20H26N4O3S/c1-6-12-23(13-7-2)28(26,27)18-10-8-17(9-11-18)20(25)21-19-14-16(5)22-24(19)15(3)4/h6-11,14-15H,1-2,12-13H2,3-5H3,(H,21,25). The molecule has 0 radical (unpaired) electrons. The third-order valence-electron chi connectivity index (χ3n) is 4.01.